The van der Waals surface area contributed by atoms with Crippen LogP contribution in [-0.4, -0.2) is 0 Å². The van der Waals surface area contributed by atoms with Gasteiger partial charge in [0.1, 0.15) is 16.6 Å². The molecule has 0 N–H and O–H groups in total. The fourth-order valence-corrected chi connectivity index (χ4v) is 8.22. The maximum atomic E-state index is 6.32. The van der Waals surface area contributed by atoms with Gasteiger partial charge in [-0.1, -0.05) is 147 Å². The van der Waals surface area contributed by atoms with Crippen LogP contribution in [0.25, 0.3) is 94.3 Å². The molecule has 4 nitrogen and oxygen atoms in total. The highest BCUT2D eigenvalue weighted by Gasteiger charge is 2.29. The molecule has 246 valence electrons. The molecule has 4 heteroatoms. The number of hydrogen-bond acceptors (Lipinski definition) is 1. The van der Waals surface area contributed by atoms with Crippen LogP contribution in [0, 0.1) is 0 Å². The Kier molecular flexibility index (Phi) is 6.52. The Morgan fingerprint density at radius 3 is 1.68 bits per heavy atom. The normalized spacial score (nSPS) is 11.8. The van der Waals surface area contributed by atoms with Crippen LogP contribution in [-0.2, 0) is 0 Å². The zero-order valence-corrected chi connectivity index (χ0v) is 28.7. The third kappa shape index (κ3) is 4.73. The number of furan rings is 1. The number of aromatic nitrogens is 3. The minimum Gasteiger partial charge on any atom is -0.456 e. The Labute approximate surface area is 306 Å². The van der Waals surface area contributed by atoms with Crippen molar-refractivity contribution in [2.24, 2.45) is 0 Å². The van der Waals surface area contributed by atoms with Gasteiger partial charge in [-0.25, -0.2) is 0 Å². The van der Waals surface area contributed by atoms with Gasteiger partial charge in [0.15, 0.2) is 0 Å². The van der Waals surface area contributed by atoms with Crippen LogP contribution in [0.1, 0.15) is 0 Å². The predicted octanol–water partition coefficient (Wildman–Crippen LogP) is 10.6. The summed E-state index contributed by atoms with van der Waals surface area (Å²) in [6.45, 7) is 0. The van der Waals surface area contributed by atoms with E-state index in [0.717, 1.165) is 44.6 Å². The Morgan fingerprint density at radius 1 is 0.321 bits per heavy atom. The van der Waals surface area contributed by atoms with E-state index in [-0.39, 0.29) is 0 Å². The third-order valence-corrected chi connectivity index (χ3v) is 10.7. The molecule has 0 saturated carbocycles. The molecule has 11 rings (SSSR count). The van der Waals surface area contributed by atoms with Gasteiger partial charge in [0, 0.05) is 35.7 Å². The second kappa shape index (κ2) is 11.7. The van der Waals surface area contributed by atoms with Gasteiger partial charge in [0.25, 0.3) is 0 Å². The van der Waals surface area contributed by atoms with Crippen molar-refractivity contribution in [1.29, 1.82) is 0 Å². The van der Waals surface area contributed by atoms with Crippen LogP contribution in [0.3, 0.4) is 0 Å². The summed E-state index contributed by atoms with van der Waals surface area (Å²) in [5.41, 5.74) is 14.9. The fourth-order valence-electron chi connectivity index (χ4n) is 8.22. The Hall–Kier alpha value is -7.17. The van der Waals surface area contributed by atoms with Gasteiger partial charge in [-0.3, -0.25) is 0 Å². The van der Waals surface area contributed by atoms with Crippen LogP contribution >= 0.6 is 0 Å². The zero-order chi connectivity index (χ0) is 34.9. The number of nitrogens with zero attached hydrogens (tertiary/aromatic N) is 3. The molecule has 0 bridgehead atoms. The standard InChI is InChI=1S/C49H32N3O/c1-2-12-33(13-3-1)34-14-8-16-36(28-34)50-30-51(32-52(31-50)45-23-11-25-47-49(45)44-20-6-7-24-46(44)53-47)37-17-9-15-35(29-37)38-26-27-43-40-19-5-4-18-39(40)42-22-10-21-41(38)48(42)43/h1-32H/q+3. The summed E-state index contributed by atoms with van der Waals surface area (Å²) in [5, 5.41) is 4.78. The number of fused-ring (bicyclic) bond motifs is 6. The molecule has 0 atom stereocenters. The molecule has 53 heavy (non-hydrogen) atoms. The van der Waals surface area contributed by atoms with E-state index in [9.17, 15) is 0 Å². The number of benzene rings is 8. The van der Waals surface area contributed by atoms with E-state index in [2.05, 4.69) is 190 Å². The Morgan fingerprint density at radius 2 is 0.868 bits per heavy atom. The molecule has 10 aromatic rings. The van der Waals surface area contributed by atoms with Gasteiger partial charge >= 0.3 is 19.0 Å². The lowest BCUT2D eigenvalue weighted by Crippen LogP contribution is -2.55. The van der Waals surface area contributed by atoms with E-state index in [1.165, 1.54) is 49.7 Å². The molecule has 2 aromatic heterocycles. The van der Waals surface area contributed by atoms with E-state index in [4.69, 9.17) is 4.42 Å². The first-order valence-electron chi connectivity index (χ1n) is 18.0. The summed E-state index contributed by atoms with van der Waals surface area (Å²) in [6, 6.07) is 62.7. The van der Waals surface area contributed by atoms with Crippen LogP contribution in [0.5, 0.6) is 0 Å². The molecule has 1 aliphatic rings. The molecule has 0 spiro atoms. The molecule has 0 fully saturated rings. The molecular formula is C49H32N3O+3. The minimum atomic E-state index is 0.862. The fraction of sp³-hybridized carbons (Fsp3) is 0. The third-order valence-electron chi connectivity index (χ3n) is 10.7. The Bertz CT molecular complexity index is 3040. The van der Waals surface area contributed by atoms with E-state index in [1.807, 2.05) is 18.2 Å². The topological polar surface area (TPSA) is 24.8 Å². The van der Waals surface area contributed by atoms with Gasteiger partial charge in [-0.2, -0.15) is 0 Å². The Balaban J connectivity index is 1.11. The average molecular weight is 679 g/mol. The molecule has 2 heterocycles. The lowest BCUT2D eigenvalue weighted by Gasteiger charge is -2.09. The van der Waals surface area contributed by atoms with E-state index in [1.54, 1.807) is 0 Å². The molecule has 0 aliphatic heterocycles. The molecule has 1 aliphatic carbocycles. The summed E-state index contributed by atoms with van der Waals surface area (Å²) in [4.78, 5) is 0. The van der Waals surface area contributed by atoms with Crippen LogP contribution < -0.4 is 13.7 Å². The van der Waals surface area contributed by atoms with Gasteiger partial charge in [-0.05, 0) is 67.4 Å². The summed E-state index contributed by atoms with van der Waals surface area (Å²) in [5.74, 6) is 0. The molecular weight excluding hydrogens is 647 g/mol. The van der Waals surface area contributed by atoms with Crippen molar-refractivity contribution in [3.63, 3.8) is 0 Å². The van der Waals surface area contributed by atoms with Crippen molar-refractivity contribution < 1.29 is 18.1 Å². The SMILES string of the molecule is c1ccc(-c2cccc(-[n+]3c[n+](-c4cccc(-c5ccc6c7c(cccc57)-c5ccccc5-6)c4)c[n+](-c4cccc5oc6ccccc6c45)c3)c2)cc1. The number of hydrogen-bond donors (Lipinski definition) is 0. The van der Waals surface area contributed by atoms with Crippen molar-refractivity contribution in [2.75, 3.05) is 0 Å². The zero-order valence-electron chi connectivity index (χ0n) is 28.7. The summed E-state index contributed by atoms with van der Waals surface area (Å²) in [6.07, 6.45) is 6.48. The molecule has 8 aromatic carbocycles. The van der Waals surface area contributed by atoms with Crippen LogP contribution in [0.15, 0.2) is 199 Å². The lowest BCUT2D eigenvalue weighted by atomic mass is 9.94. The number of para-hydroxylation sites is 1. The smallest absolute Gasteiger partial charge is 0.428 e. The van der Waals surface area contributed by atoms with Crippen LogP contribution in [0.2, 0.25) is 0 Å². The highest BCUT2D eigenvalue weighted by Crippen LogP contribution is 2.49. The minimum absolute atomic E-state index is 0.862. The first kappa shape index (κ1) is 29.5. The first-order chi connectivity index (χ1) is 26.3. The summed E-state index contributed by atoms with van der Waals surface area (Å²) < 4.78 is 13.0. The quantitative estimate of drug-likeness (QED) is 0.166. The van der Waals surface area contributed by atoms with Gasteiger partial charge in [0.2, 0.25) is 17.1 Å². The molecule has 0 unspecified atom stereocenters. The van der Waals surface area contributed by atoms with Gasteiger partial charge in [-0.15, -0.1) is 0 Å². The van der Waals surface area contributed by atoms with Crippen molar-refractivity contribution in [1.82, 2.24) is 0 Å². The van der Waals surface area contributed by atoms with Crippen LogP contribution in [0.4, 0.5) is 0 Å². The first-order valence-corrected chi connectivity index (χ1v) is 18.0. The highest BCUT2D eigenvalue weighted by molar-refractivity contribution is 6.18. The predicted molar refractivity (Wildman–Crippen MR) is 211 cm³/mol. The molecule has 0 radical (unpaired) electrons. The highest BCUT2D eigenvalue weighted by atomic mass is 16.3. The monoisotopic (exact) mass is 678 g/mol. The average Bonchev–Trinajstić information content (AvgIpc) is 3.78. The lowest BCUT2D eigenvalue weighted by molar-refractivity contribution is -0.857. The van der Waals surface area contributed by atoms with Crippen molar-refractivity contribution in [2.45, 2.75) is 0 Å². The van der Waals surface area contributed by atoms with Crippen molar-refractivity contribution in [3.8, 4) is 61.6 Å². The molecule has 0 saturated heterocycles. The second-order valence-electron chi connectivity index (χ2n) is 13.7. The summed E-state index contributed by atoms with van der Waals surface area (Å²) >= 11 is 0. The second-order valence-corrected chi connectivity index (χ2v) is 13.7. The van der Waals surface area contributed by atoms with Crippen molar-refractivity contribution >= 4 is 32.7 Å². The number of rotatable bonds is 5. The van der Waals surface area contributed by atoms with Gasteiger partial charge < -0.3 is 4.42 Å². The largest absolute Gasteiger partial charge is 0.456 e. The van der Waals surface area contributed by atoms with Crippen molar-refractivity contribution in [3.05, 3.63) is 195 Å². The van der Waals surface area contributed by atoms with E-state index in [0.29, 0.717) is 0 Å². The maximum Gasteiger partial charge on any atom is 0.428 e. The van der Waals surface area contributed by atoms with E-state index >= 15 is 0 Å². The summed E-state index contributed by atoms with van der Waals surface area (Å²) in [7, 11) is 0. The van der Waals surface area contributed by atoms with Gasteiger partial charge in [0.05, 0.1) is 0 Å². The maximum absolute atomic E-state index is 6.32. The van der Waals surface area contributed by atoms with E-state index < -0.39 is 0 Å². The molecule has 0 amide bonds.